The molecule has 1 amide bonds. The van der Waals surface area contributed by atoms with Crippen LogP contribution in [0.3, 0.4) is 0 Å². The Morgan fingerprint density at radius 3 is 2.26 bits per heavy atom. The number of halogens is 3. The van der Waals surface area contributed by atoms with Gasteiger partial charge in [0.1, 0.15) is 5.75 Å². The third-order valence-corrected chi connectivity index (χ3v) is 7.63. The molecular formula is C27H18BrCl2N3O5S. The molecular weight excluding hydrogens is 629 g/mol. The molecule has 0 saturated carbocycles. The first kappa shape index (κ1) is 28.3. The molecule has 0 aromatic heterocycles. The molecule has 0 atom stereocenters. The van der Waals surface area contributed by atoms with Crippen molar-refractivity contribution in [3.05, 3.63) is 122 Å². The Balaban J connectivity index is 1.51. The summed E-state index contributed by atoms with van der Waals surface area (Å²) in [6.07, 6.45) is 1.29. The normalized spacial score (nSPS) is 11.3. The van der Waals surface area contributed by atoms with Crippen molar-refractivity contribution in [2.24, 2.45) is 5.10 Å². The zero-order valence-corrected chi connectivity index (χ0v) is 23.7. The fraction of sp³-hybridized carbons (Fsp3) is 0. The summed E-state index contributed by atoms with van der Waals surface area (Å²) in [5, 5.41) is 4.60. The second-order valence-corrected chi connectivity index (χ2v) is 11.3. The number of sulfonamides is 1. The predicted molar refractivity (Wildman–Crippen MR) is 154 cm³/mol. The highest BCUT2D eigenvalue weighted by atomic mass is 79.9. The summed E-state index contributed by atoms with van der Waals surface area (Å²) in [5.74, 6) is -1.16. The number of para-hydroxylation sites is 1. The maximum atomic E-state index is 12.9. The highest BCUT2D eigenvalue weighted by Crippen LogP contribution is 2.25. The van der Waals surface area contributed by atoms with Crippen LogP contribution in [0.15, 0.2) is 105 Å². The summed E-state index contributed by atoms with van der Waals surface area (Å²) in [6.45, 7) is 0. The van der Waals surface area contributed by atoms with Gasteiger partial charge in [-0.05, 0) is 66.7 Å². The smallest absolute Gasteiger partial charge is 0.345 e. The lowest BCUT2D eigenvalue weighted by Gasteiger charge is -2.12. The van der Waals surface area contributed by atoms with Crippen LogP contribution in [-0.4, -0.2) is 26.5 Å². The van der Waals surface area contributed by atoms with Crippen LogP contribution in [0, 0.1) is 0 Å². The van der Waals surface area contributed by atoms with Gasteiger partial charge in [0.25, 0.3) is 15.9 Å². The van der Waals surface area contributed by atoms with E-state index < -0.39 is 21.9 Å². The van der Waals surface area contributed by atoms with Gasteiger partial charge in [-0.1, -0.05) is 63.4 Å². The molecule has 0 aliphatic rings. The van der Waals surface area contributed by atoms with E-state index in [9.17, 15) is 18.0 Å². The summed E-state index contributed by atoms with van der Waals surface area (Å²) in [6, 6.07) is 23.0. The average molecular weight is 647 g/mol. The van der Waals surface area contributed by atoms with Gasteiger partial charge in [0.2, 0.25) is 0 Å². The lowest BCUT2D eigenvalue weighted by atomic mass is 10.2. The molecule has 0 fully saturated rings. The molecule has 0 radical (unpaired) electrons. The second kappa shape index (κ2) is 12.4. The average Bonchev–Trinajstić information content (AvgIpc) is 2.90. The maximum Gasteiger partial charge on any atom is 0.345 e. The number of nitrogens with one attached hydrogen (secondary N) is 2. The van der Waals surface area contributed by atoms with Crippen molar-refractivity contribution in [1.82, 2.24) is 5.43 Å². The molecule has 8 nitrogen and oxygen atoms in total. The Morgan fingerprint density at radius 1 is 0.872 bits per heavy atom. The quantitative estimate of drug-likeness (QED) is 0.0977. The molecule has 0 bridgehead atoms. The van der Waals surface area contributed by atoms with Gasteiger partial charge in [0.05, 0.1) is 32.9 Å². The number of carbonyl (C=O) groups is 2. The third kappa shape index (κ3) is 7.24. The van der Waals surface area contributed by atoms with E-state index in [0.717, 1.165) is 0 Å². The van der Waals surface area contributed by atoms with Gasteiger partial charge >= 0.3 is 5.97 Å². The fourth-order valence-electron chi connectivity index (χ4n) is 3.30. The molecule has 12 heteroatoms. The van der Waals surface area contributed by atoms with Crippen LogP contribution in [0.2, 0.25) is 10.0 Å². The van der Waals surface area contributed by atoms with Gasteiger partial charge in [-0.15, -0.1) is 0 Å². The number of amides is 1. The Morgan fingerprint density at radius 2 is 1.54 bits per heavy atom. The summed E-state index contributed by atoms with van der Waals surface area (Å²) in [5.41, 5.74) is 3.02. The minimum atomic E-state index is -3.99. The van der Waals surface area contributed by atoms with Gasteiger partial charge < -0.3 is 4.74 Å². The van der Waals surface area contributed by atoms with Crippen molar-refractivity contribution in [1.29, 1.82) is 0 Å². The largest absolute Gasteiger partial charge is 0.422 e. The van der Waals surface area contributed by atoms with Gasteiger partial charge in [0, 0.05) is 15.1 Å². The standard InChI is InChI=1S/C27H18BrCl2N3O5S/c28-18-9-14-25(38-27(35)21-5-1-3-7-23(21)30)17(15-18)16-31-32-26(34)22-6-2-4-8-24(22)33-39(36,37)20-12-10-19(29)11-13-20/h1-16,33H,(H,32,34)/b31-16-. The van der Waals surface area contributed by atoms with Crippen LogP contribution in [-0.2, 0) is 10.0 Å². The van der Waals surface area contributed by atoms with E-state index in [0.29, 0.717) is 15.1 Å². The number of anilines is 1. The molecule has 0 unspecified atom stereocenters. The van der Waals surface area contributed by atoms with Gasteiger partial charge in [0.15, 0.2) is 0 Å². The van der Waals surface area contributed by atoms with Crippen LogP contribution in [0.25, 0.3) is 0 Å². The minimum Gasteiger partial charge on any atom is -0.422 e. The number of hydrogen-bond donors (Lipinski definition) is 2. The molecule has 4 aromatic carbocycles. The Bertz CT molecular complexity index is 1680. The molecule has 0 heterocycles. The highest BCUT2D eigenvalue weighted by molar-refractivity contribution is 9.10. The Hall–Kier alpha value is -3.70. The molecule has 39 heavy (non-hydrogen) atoms. The van der Waals surface area contributed by atoms with Crippen LogP contribution in [0.5, 0.6) is 5.75 Å². The van der Waals surface area contributed by atoms with Crippen molar-refractivity contribution >= 4 is 72.9 Å². The maximum absolute atomic E-state index is 12.9. The fourth-order valence-corrected chi connectivity index (χ4v) is 5.10. The first-order valence-electron chi connectivity index (χ1n) is 11.1. The van der Waals surface area contributed by atoms with Gasteiger partial charge in [-0.2, -0.15) is 5.10 Å². The highest BCUT2D eigenvalue weighted by Gasteiger charge is 2.19. The van der Waals surface area contributed by atoms with E-state index in [2.05, 4.69) is 31.2 Å². The molecule has 4 aromatic rings. The van der Waals surface area contributed by atoms with E-state index in [-0.39, 0.29) is 32.5 Å². The molecule has 0 aliphatic heterocycles. The lowest BCUT2D eigenvalue weighted by Crippen LogP contribution is -2.21. The molecule has 4 rings (SSSR count). The zero-order chi connectivity index (χ0) is 28.0. The molecule has 2 N–H and O–H groups in total. The number of hydrazone groups is 1. The molecule has 0 spiro atoms. The van der Waals surface area contributed by atoms with E-state index in [4.69, 9.17) is 27.9 Å². The van der Waals surface area contributed by atoms with Gasteiger partial charge in [-0.3, -0.25) is 9.52 Å². The first-order chi connectivity index (χ1) is 18.6. The number of carbonyl (C=O) groups excluding carboxylic acids is 2. The molecule has 0 aliphatic carbocycles. The summed E-state index contributed by atoms with van der Waals surface area (Å²) in [4.78, 5) is 25.5. The van der Waals surface area contributed by atoms with Crippen molar-refractivity contribution in [2.75, 3.05) is 4.72 Å². The lowest BCUT2D eigenvalue weighted by molar-refractivity contribution is 0.0734. The van der Waals surface area contributed by atoms with Crippen LogP contribution in [0.1, 0.15) is 26.3 Å². The predicted octanol–water partition coefficient (Wildman–Crippen LogP) is 6.54. The summed E-state index contributed by atoms with van der Waals surface area (Å²) in [7, 11) is -3.99. The number of benzene rings is 4. The van der Waals surface area contributed by atoms with Crippen molar-refractivity contribution in [2.45, 2.75) is 4.90 Å². The molecule has 0 saturated heterocycles. The number of esters is 1. The monoisotopic (exact) mass is 645 g/mol. The number of rotatable bonds is 8. The van der Waals surface area contributed by atoms with Crippen LogP contribution in [0.4, 0.5) is 5.69 Å². The van der Waals surface area contributed by atoms with Crippen LogP contribution >= 0.6 is 39.1 Å². The Labute approximate surface area is 242 Å². The SMILES string of the molecule is O=C(Oc1ccc(Br)cc1/C=N\NC(=O)c1ccccc1NS(=O)(=O)c1ccc(Cl)cc1)c1ccccc1Cl. The summed E-state index contributed by atoms with van der Waals surface area (Å²) < 4.78 is 34.2. The number of ether oxygens (including phenoxy) is 1. The van der Waals surface area contributed by atoms with E-state index in [1.165, 1.54) is 48.7 Å². The van der Waals surface area contributed by atoms with E-state index >= 15 is 0 Å². The van der Waals surface area contributed by atoms with Gasteiger partial charge in [-0.25, -0.2) is 18.6 Å². The van der Waals surface area contributed by atoms with E-state index in [1.54, 1.807) is 48.5 Å². The second-order valence-electron chi connectivity index (χ2n) is 7.86. The van der Waals surface area contributed by atoms with Crippen LogP contribution < -0.4 is 14.9 Å². The summed E-state index contributed by atoms with van der Waals surface area (Å²) >= 11 is 15.3. The van der Waals surface area contributed by atoms with Crippen molar-refractivity contribution in [3.8, 4) is 5.75 Å². The Kier molecular flexibility index (Phi) is 9.03. The third-order valence-electron chi connectivity index (χ3n) is 5.18. The van der Waals surface area contributed by atoms with Crippen molar-refractivity contribution in [3.63, 3.8) is 0 Å². The first-order valence-corrected chi connectivity index (χ1v) is 14.1. The van der Waals surface area contributed by atoms with E-state index in [1.807, 2.05) is 0 Å². The number of hydrogen-bond acceptors (Lipinski definition) is 6. The topological polar surface area (TPSA) is 114 Å². The number of nitrogens with zero attached hydrogens (tertiary/aromatic N) is 1. The zero-order valence-electron chi connectivity index (χ0n) is 19.8. The molecule has 198 valence electrons. The van der Waals surface area contributed by atoms with Crippen molar-refractivity contribution < 1.29 is 22.7 Å². The minimum absolute atomic E-state index is 0.0198.